The fraction of sp³-hybridized carbons (Fsp3) is 0.769. The molecule has 112 valence electrons. The van der Waals surface area contributed by atoms with Crippen LogP contribution in [0.25, 0.3) is 0 Å². The molecule has 0 radical (unpaired) electrons. The van der Waals surface area contributed by atoms with Gasteiger partial charge in [0.1, 0.15) is 5.41 Å². The van der Waals surface area contributed by atoms with Gasteiger partial charge in [-0.2, -0.15) is 16.7 Å². The molecule has 1 aromatic rings. The number of carbonyl (C=O) groups excluding carboxylic acids is 1. The molecule has 2 heterocycles. The van der Waals surface area contributed by atoms with Gasteiger partial charge in [0.25, 0.3) is 0 Å². The van der Waals surface area contributed by atoms with E-state index in [2.05, 4.69) is 17.1 Å². The van der Waals surface area contributed by atoms with Crippen molar-refractivity contribution < 1.29 is 14.1 Å². The van der Waals surface area contributed by atoms with Crippen molar-refractivity contribution in [2.24, 2.45) is 0 Å². The molecule has 7 heteroatoms. The van der Waals surface area contributed by atoms with Gasteiger partial charge in [-0.15, -0.1) is 11.8 Å². The fourth-order valence-corrected chi connectivity index (χ4v) is 4.60. The van der Waals surface area contributed by atoms with Crippen LogP contribution in [0.5, 0.6) is 0 Å². The van der Waals surface area contributed by atoms with Crippen LogP contribution in [0.3, 0.4) is 0 Å². The van der Waals surface area contributed by atoms with Crippen molar-refractivity contribution in [2.45, 2.75) is 43.6 Å². The maximum atomic E-state index is 12.0. The van der Waals surface area contributed by atoms with Gasteiger partial charge >= 0.3 is 5.97 Å². The highest BCUT2D eigenvalue weighted by Crippen LogP contribution is 2.41. The standard InChI is InChI=1S/C13H20N2O3S2/c1-5-17-12(16)13(3,4)11-14-10(15-18-11)9-8(2)19-6-7-20-9/h8-9H,5-7H2,1-4H3. The predicted octanol–water partition coefficient (Wildman–Crippen LogP) is 2.82. The Kier molecular flexibility index (Phi) is 5.01. The highest BCUT2D eigenvalue weighted by Gasteiger charge is 2.39. The smallest absolute Gasteiger partial charge is 0.321 e. The zero-order valence-electron chi connectivity index (χ0n) is 12.2. The zero-order valence-corrected chi connectivity index (χ0v) is 13.8. The van der Waals surface area contributed by atoms with Crippen LogP contribution in [0.15, 0.2) is 4.52 Å². The minimum Gasteiger partial charge on any atom is -0.465 e. The summed E-state index contributed by atoms with van der Waals surface area (Å²) in [6, 6.07) is 0. The third-order valence-corrected chi connectivity index (χ3v) is 6.29. The van der Waals surface area contributed by atoms with Gasteiger partial charge in [0.05, 0.1) is 11.9 Å². The number of nitrogens with zero attached hydrogens (tertiary/aromatic N) is 2. The van der Waals surface area contributed by atoms with E-state index >= 15 is 0 Å². The average Bonchev–Trinajstić information content (AvgIpc) is 2.89. The van der Waals surface area contributed by atoms with Gasteiger partial charge in [-0.25, -0.2) is 0 Å². The Labute approximate surface area is 127 Å². The molecule has 0 aromatic carbocycles. The van der Waals surface area contributed by atoms with Crippen LogP contribution in [-0.4, -0.2) is 39.5 Å². The predicted molar refractivity (Wildman–Crippen MR) is 81.1 cm³/mol. The van der Waals surface area contributed by atoms with Crippen LogP contribution >= 0.6 is 23.5 Å². The summed E-state index contributed by atoms with van der Waals surface area (Å²) in [5.41, 5.74) is -0.906. The largest absolute Gasteiger partial charge is 0.465 e. The molecule has 0 N–H and O–H groups in total. The van der Waals surface area contributed by atoms with E-state index in [1.54, 1.807) is 20.8 Å². The first-order valence-corrected chi connectivity index (χ1v) is 8.81. The molecule has 1 aliphatic rings. The van der Waals surface area contributed by atoms with Crippen molar-refractivity contribution in [3.63, 3.8) is 0 Å². The van der Waals surface area contributed by atoms with E-state index in [9.17, 15) is 4.79 Å². The first-order valence-electron chi connectivity index (χ1n) is 6.71. The summed E-state index contributed by atoms with van der Waals surface area (Å²) in [5, 5.41) is 4.75. The number of hydrogen-bond donors (Lipinski definition) is 0. The van der Waals surface area contributed by atoms with Crippen molar-refractivity contribution in [1.82, 2.24) is 10.1 Å². The minimum absolute atomic E-state index is 0.226. The van der Waals surface area contributed by atoms with Crippen LogP contribution in [0.4, 0.5) is 0 Å². The van der Waals surface area contributed by atoms with Gasteiger partial charge in [0.15, 0.2) is 5.82 Å². The summed E-state index contributed by atoms with van der Waals surface area (Å²) < 4.78 is 10.4. The summed E-state index contributed by atoms with van der Waals surface area (Å²) >= 11 is 3.76. The molecule has 0 bridgehead atoms. The first kappa shape index (κ1) is 15.7. The number of hydrogen-bond acceptors (Lipinski definition) is 7. The zero-order chi connectivity index (χ0) is 14.8. The molecule has 2 unspecified atom stereocenters. The lowest BCUT2D eigenvalue weighted by atomic mass is 9.94. The molecule has 20 heavy (non-hydrogen) atoms. The van der Waals surface area contributed by atoms with Gasteiger partial charge < -0.3 is 9.26 Å². The fourth-order valence-electron chi connectivity index (χ4n) is 1.92. The van der Waals surface area contributed by atoms with Crippen molar-refractivity contribution in [2.75, 3.05) is 18.1 Å². The van der Waals surface area contributed by atoms with E-state index in [1.165, 1.54) is 0 Å². The minimum atomic E-state index is -0.906. The van der Waals surface area contributed by atoms with Gasteiger partial charge in [-0.1, -0.05) is 12.1 Å². The molecule has 1 saturated heterocycles. The summed E-state index contributed by atoms with van der Waals surface area (Å²) in [4.78, 5) is 16.4. The maximum absolute atomic E-state index is 12.0. The molecule has 0 amide bonds. The molecular formula is C13H20N2O3S2. The summed E-state index contributed by atoms with van der Waals surface area (Å²) in [7, 11) is 0. The summed E-state index contributed by atoms with van der Waals surface area (Å²) in [5.74, 6) is 2.91. The molecule has 1 aromatic heterocycles. The average molecular weight is 316 g/mol. The number of ether oxygens (including phenoxy) is 1. The quantitative estimate of drug-likeness (QED) is 0.791. The number of rotatable bonds is 4. The normalized spacial score (nSPS) is 23.6. The van der Waals surface area contributed by atoms with Gasteiger partial charge in [0, 0.05) is 16.8 Å². The number of thioether (sulfide) groups is 2. The topological polar surface area (TPSA) is 65.2 Å². The second-order valence-corrected chi connectivity index (χ2v) is 7.91. The highest BCUT2D eigenvalue weighted by molar-refractivity contribution is 8.06. The Bertz CT molecular complexity index is 476. The van der Waals surface area contributed by atoms with Gasteiger partial charge in [-0.3, -0.25) is 4.79 Å². The van der Waals surface area contributed by atoms with E-state index in [0.717, 1.165) is 11.5 Å². The number of carbonyl (C=O) groups is 1. The Morgan fingerprint density at radius 1 is 1.45 bits per heavy atom. The SMILES string of the molecule is CCOC(=O)C(C)(C)c1nc(C2SCCSC2C)no1. The Morgan fingerprint density at radius 3 is 2.80 bits per heavy atom. The van der Waals surface area contributed by atoms with Crippen molar-refractivity contribution in [3.8, 4) is 0 Å². The van der Waals surface area contributed by atoms with Crippen LogP contribution in [0.2, 0.25) is 0 Å². The lowest BCUT2D eigenvalue weighted by molar-refractivity contribution is -0.149. The Balaban J connectivity index is 2.17. The molecule has 1 fully saturated rings. The molecule has 2 atom stereocenters. The molecule has 0 spiro atoms. The molecule has 2 rings (SSSR count). The number of esters is 1. The van der Waals surface area contributed by atoms with Crippen molar-refractivity contribution in [1.29, 1.82) is 0 Å². The summed E-state index contributed by atoms with van der Waals surface area (Å²) in [6.07, 6.45) is 0. The van der Waals surface area contributed by atoms with E-state index in [4.69, 9.17) is 9.26 Å². The van der Waals surface area contributed by atoms with E-state index < -0.39 is 5.41 Å². The molecule has 1 aliphatic heterocycles. The van der Waals surface area contributed by atoms with Gasteiger partial charge in [-0.05, 0) is 20.8 Å². The second-order valence-electron chi connectivity index (χ2n) is 5.17. The molecular weight excluding hydrogens is 296 g/mol. The Morgan fingerprint density at radius 2 is 2.15 bits per heavy atom. The van der Waals surface area contributed by atoms with Crippen LogP contribution in [-0.2, 0) is 14.9 Å². The molecule has 5 nitrogen and oxygen atoms in total. The van der Waals surface area contributed by atoms with Gasteiger partial charge in [0.2, 0.25) is 5.89 Å². The van der Waals surface area contributed by atoms with Crippen LogP contribution < -0.4 is 0 Å². The van der Waals surface area contributed by atoms with Crippen molar-refractivity contribution in [3.05, 3.63) is 11.7 Å². The summed E-state index contributed by atoms with van der Waals surface area (Å²) in [6.45, 7) is 7.79. The maximum Gasteiger partial charge on any atom is 0.321 e. The highest BCUT2D eigenvalue weighted by atomic mass is 32.2. The third-order valence-electron chi connectivity index (χ3n) is 3.20. The van der Waals surface area contributed by atoms with Crippen LogP contribution in [0, 0.1) is 0 Å². The van der Waals surface area contributed by atoms with Crippen LogP contribution in [0.1, 0.15) is 44.7 Å². The molecule has 0 aliphatic carbocycles. The number of aromatic nitrogens is 2. The molecule has 0 saturated carbocycles. The second kappa shape index (κ2) is 6.39. The van der Waals surface area contributed by atoms with E-state index in [0.29, 0.717) is 23.6 Å². The lowest BCUT2D eigenvalue weighted by Gasteiger charge is -2.25. The third kappa shape index (κ3) is 3.14. The van der Waals surface area contributed by atoms with Crippen molar-refractivity contribution >= 4 is 29.5 Å². The van der Waals surface area contributed by atoms with E-state index in [-0.39, 0.29) is 11.2 Å². The monoisotopic (exact) mass is 316 g/mol. The lowest BCUT2D eigenvalue weighted by Crippen LogP contribution is -2.31. The first-order chi connectivity index (χ1) is 9.46. The Hall–Kier alpha value is -0.690. The van der Waals surface area contributed by atoms with E-state index in [1.807, 2.05) is 23.5 Å².